The molecule has 2 saturated carbocycles. The number of pyridine rings is 1. The van der Waals surface area contributed by atoms with Gasteiger partial charge in [-0.3, -0.25) is 14.6 Å². The van der Waals surface area contributed by atoms with Gasteiger partial charge in [-0.2, -0.15) is 0 Å². The molecule has 134 valence electrons. The van der Waals surface area contributed by atoms with Crippen LogP contribution in [0.4, 0.5) is 0 Å². The van der Waals surface area contributed by atoms with Crippen molar-refractivity contribution < 1.29 is 9.59 Å². The number of hydrogen-bond acceptors (Lipinski definition) is 3. The van der Waals surface area contributed by atoms with Gasteiger partial charge < -0.3 is 9.80 Å². The third kappa shape index (κ3) is 3.55. The highest BCUT2D eigenvalue weighted by molar-refractivity contribution is 5.84. The van der Waals surface area contributed by atoms with Gasteiger partial charge in [-0.25, -0.2) is 0 Å². The van der Waals surface area contributed by atoms with Crippen LogP contribution in [-0.4, -0.2) is 45.7 Å². The summed E-state index contributed by atoms with van der Waals surface area (Å²) in [5.74, 6) is 0.696. The van der Waals surface area contributed by atoms with Crippen molar-refractivity contribution in [3.05, 3.63) is 30.1 Å². The van der Waals surface area contributed by atoms with Gasteiger partial charge >= 0.3 is 0 Å². The quantitative estimate of drug-likeness (QED) is 0.827. The van der Waals surface area contributed by atoms with Crippen LogP contribution in [0.25, 0.3) is 0 Å². The summed E-state index contributed by atoms with van der Waals surface area (Å²) >= 11 is 0. The fourth-order valence-electron chi connectivity index (χ4n) is 4.00. The van der Waals surface area contributed by atoms with Crippen LogP contribution in [0.2, 0.25) is 0 Å². The van der Waals surface area contributed by atoms with E-state index in [4.69, 9.17) is 0 Å². The Morgan fingerprint density at radius 2 is 2.00 bits per heavy atom. The van der Waals surface area contributed by atoms with E-state index in [2.05, 4.69) is 16.8 Å². The Hall–Kier alpha value is -1.91. The molecule has 4 rings (SSSR count). The number of aromatic nitrogens is 1. The Balaban J connectivity index is 1.47. The van der Waals surface area contributed by atoms with Gasteiger partial charge in [-0.15, -0.1) is 0 Å². The third-order valence-electron chi connectivity index (χ3n) is 5.79. The molecule has 5 nitrogen and oxygen atoms in total. The highest BCUT2D eigenvalue weighted by Crippen LogP contribution is 2.37. The average molecular weight is 341 g/mol. The van der Waals surface area contributed by atoms with E-state index in [1.165, 1.54) is 0 Å². The van der Waals surface area contributed by atoms with E-state index in [1.54, 1.807) is 6.20 Å². The first kappa shape index (κ1) is 16.6. The van der Waals surface area contributed by atoms with Crippen molar-refractivity contribution >= 4 is 11.8 Å². The van der Waals surface area contributed by atoms with Crippen LogP contribution in [0.5, 0.6) is 0 Å². The molecule has 0 unspecified atom stereocenters. The molecule has 0 bridgehead atoms. The first-order chi connectivity index (χ1) is 12.1. The number of amides is 2. The summed E-state index contributed by atoms with van der Waals surface area (Å²) in [6, 6.07) is 4.38. The number of piperidine rings is 1. The molecule has 3 aliphatic rings. The van der Waals surface area contributed by atoms with Gasteiger partial charge in [-0.05, 0) is 57.1 Å². The lowest BCUT2D eigenvalue weighted by molar-refractivity contribution is -0.143. The number of rotatable bonds is 5. The van der Waals surface area contributed by atoms with Gasteiger partial charge in [0.2, 0.25) is 11.8 Å². The molecule has 0 spiro atoms. The van der Waals surface area contributed by atoms with E-state index in [0.717, 1.165) is 50.6 Å². The zero-order valence-electron chi connectivity index (χ0n) is 14.9. The molecule has 1 aromatic rings. The van der Waals surface area contributed by atoms with E-state index < -0.39 is 0 Å². The number of nitrogens with zero attached hydrogens (tertiary/aromatic N) is 3. The number of hydrogen-bond donors (Lipinski definition) is 0. The standard InChI is InChI=1S/C20H27N3O2/c1-14(16-4-2-10-21-12-16)23(18-8-9-18)20(25)17-5-3-11-22(13-17)19(24)15-6-7-15/h2,4,10,12,14-15,17-18H,3,5-9,11,13H2,1H3/t14-,17-/m1/s1. The van der Waals surface area contributed by atoms with Crippen LogP contribution in [0.3, 0.4) is 0 Å². The lowest BCUT2D eigenvalue weighted by Crippen LogP contribution is -2.48. The zero-order valence-corrected chi connectivity index (χ0v) is 14.9. The normalized spacial score (nSPS) is 24.7. The van der Waals surface area contributed by atoms with Gasteiger partial charge in [0.1, 0.15) is 0 Å². The summed E-state index contributed by atoms with van der Waals surface area (Å²) in [6.45, 7) is 3.53. The van der Waals surface area contributed by atoms with E-state index in [-0.39, 0.29) is 29.7 Å². The third-order valence-corrected chi connectivity index (χ3v) is 5.79. The van der Waals surface area contributed by atoms with Crippen molar-refractivity contribution in [3.8, 4) is 0 Å². The topological polar surface area (TPSA) is 53.5 Å². The molecule has 0 radical (unpaired) electrons. The molecule has 2 heterocycles. The maximum Gasteiger partial charge on any atom is 0.228 e. The minimum absolute atomic E-state index is 0.0446. The van der Waals surface area contributed by atoms with Crippen molar-refractivity contribution in [2.75, 3.05) is 13.1 Å². The molecular weight excluding hydrogens is 314 g/mol. The van der Waals surface area contributed by atoms with Crippen molar-refractivity contribution in [2.45, 2.75) is 57.5 Å². The van der Waals surface area contributed by atoms with Crippen LogP contribution < -0.4 is 0 Å². The fraction of sp³-hybridized carbons (Fsp3) is 0.650. The zero-order chi connectivity index (χ0) is 17.4. The van der Waals surface area contributed by atoms with E-state index in [9.17, 15) is 9.59 Å². The first-order valence-corrected chi connectivity index (χ1v) is 9.66. The van der Waals surface area contributed by atoms with Gasteiger partial charge in [0, 0.05) is 37.4 Å². The van der Waals surface area contributed by atoms with E-state index >= 15 is 0 Å². The van der Waals surface area contributed by atoms with Gasteiger partial charge in [0.15, 0.2) is 0 Å². The van der Waals surface area contributed by atoms with E-state index in [1.807, 2.05) is 23.2 Å². The lowest BCUT2D eigenvalue weighted by Gasteiger charge is -2.37. The molecule has 0 N–H and O–H groups in total. The molecule has 2 amide bonds. The molecule has 25 heavy (non-hydrogen) atoms. The van der Waals surface area contributed by atoms with Crippen LogP contribution in [-0.2, 0) is 9.59 Å². The molecular formula is C20H27N3O2. The SMILES string of the molecule is C[C@H](c1cccnc1)N(C(=O)[C@@H]1CCCN(C(=O)C2CC2)C1)C1CC1. The van der Waals surface area contributed by atoms with Crippen molar-refractivity contribution in [1.82, 2.24) is 14.8 Å². The predicted octanol–water partition coefficient (Wildman–Crippen LogP) is 2.78. The molecule has 2 atom stereocenters. The van der Waals surface area contributed by atoms with Crippen LogP contribution in [0.1, 0.15) is 57.1 Å². The largest absolute Gasteiger partial charge is 0.342 e. The maximum absolute atomic E-state index is 13.3. The predicted molar refractivity (Wildman–Crippen MR) is 94.5 cm³/mol. The molecule has 3 fully saturated rings. The smallest absolute Gasteiger partial charge is 0.228 e. The van der Waals surface area contributed by atoms with Gasteiger partial charge in [-0.1, -0.05) is 6.07 Å². The molecule has 2 aliphatic carbocycles. The minimum atomic E-state index is -0.0452. The second-order valence-electron chi connectivity index (χ2n) is 7.84. The molecule has 1 aromatic heterocycles. The Bertz CT molecular complexity index is 640. The molecule has 0 aromatic carbocycles. The molecule has 5 heteroatoms. The van der Waals surface area contributed by atoms with Crippen molar-refractivity contribution in [2.24, 2.45) is 11.8 Å². The van der Waals surface area contributed by atoms with Crippen LogP contribution in [0, 0.1) is 11.8 Å². The van der Waals surface area contributed by atoms with Gasteiger partial charge in [0.25, 0.3) is 0 Å². The Labute approximate surface area is 149 Å². The molecule has 1 aliphatic heterocycles. The summed E-state index contributed by atoms with van der Waals surface area (Å²) in [6.07, 6.45) is 9.70. The Morgan fingerprint density at radius 1 is 1.20 bits per heavy atom. The van der Waals surface area contributed by atoms with Crippen molar-refractivity contribution in [1.29, 1.82) is 0 Å². The maximum atomic E-state index is 13.3. The summed E-state index contributed by atoms with van der Waals surface area (Å²) in [5, 5.41) is 0. The van der Waals surface area contributed by atoms with Crippen LogP contribution >= 0.6 is 0 Å². The monoisotopic (exact) mass is 341 g/mol. The highest BCUT2D eigenvalue weighted by atomic mass is 16.2. The van der Waals surface area contributed by atoms with Crippen molar-refractivity contribution in [3.63, 3.8) is 0 Å². The summed E-state index contributed by atoms with van der Waals surface area (Å²) in [4.78, 5) is 33.9. The molecule has 1 saturated heterocycles. The Kier molecular flexibility index (Phi) is 4.48. The number of carbonyl (C=O) groups is 2. The number of carbonyl (C=O) groups excluding carboxylic acids is 2. The second kappa shape index (κ2) is 6.77. The summed E-state index contributed by atoms with van der Waals surface area (Å²) in [5.41, 5.74) is 1.09. The average Bonchev–Trinajstić information content (AvgIpc) is 3.55. The first-order valence-electron chi connectivity index (χ1n) is 9.66. The highest BCUT2D eigenvalue weighted by Gasteiger charge is 2.42. The number of likely N-dealkylation sites (tertiary alicyclic amines) is 1. The second-order valence-corrected chi connectivity index (χ2v) is 7.84. The summed E-state index contributed by atoms with van der Waals surface area (Å²) < 4.78 is 0. The fourth-order valence-corrected chi connectivity index (χ4v) is 4.00. The Morgan fingerprint density at radius 3 is 2.64 bits per heavy atom. The van der Waals surface area contributed by atoms with Gasteiger partial charge in [0.05, 0.1) is 12.0 Å². The lowest BCUT2D eigenvalue weighted by atomic mass is 9.94. The van der Waals surface area contributed by atoms with Crippen LogP contribution in [0.15, 0.2) is 24.5 Å². The minimum Gasteiger partial charge on any atom is -0.342 e. The summed E-state index contributed by atoms with van der Waals surface area (Å²) in [7, 11) is 0. The van der Waals surface area contributed by atoms with E-state index in [0.29, 0.717) is 12.6 Å².